The van der Waals surface area contributed by atoms with Gasteiger partial charge in [0.05, 0.1) is 11.2 Å². The maximum Gasteiger partial charge on any atom is 0.211 e. The molecule has 0 fully saturated rings. The number of nitrogens with zero attached hydrogens (tertiary/aromatic N) is 1. The van der Waals surface area contributed by atoms with Gasteiger partial charge in [-0.15, -0.1) is 22.7 Å². The summed E-state index contributed by atoms with van der Waals surface area (Å²) >= 11 is 3.79. The zero-order valence-corrected chi connectivity index (χ0v) is 43.0. The van der Waals surface area contributed by atoms with Crippen LogP contribution in [0.15, 0.2) is 186 Å². The molecule has 0 unspecified atom stereocenters. The Morgan fingerprint density at radius 1 is 0.514 bits per heavy atom. The van der Waals surface area contributed by atoms with E-state index in [9.17, 15) is 0 Å². The second-order valence-corrected chi connectivity index (χ2v) is 24.2. The van der Waals surface area contributed by atoms with E-state index < -0.39 is 0 Å². The second kappa shape index (κ2) is 16.1. The molecule has 3 nitrogen and oxygen atoms in total. The molecule has 6 heteroatoms. The van der Waals surface area contributed by atoms with Crippen LogP contribution in [0.2, 0.25) is 0 Å². The first-order valence-electron chi connectivity index (χ1n) is 25.2. The lowest BCUT2D eigenvalue weighted by Crippen LogP contribution is -2.35. The smallest absolute Gasteiger partial charge is 0.211 e. The predicted molar refractivity (Wildman–Crippen MR) is 312 cm³/mol. The molecule has 72 heavy (non-hydrogen) atoms. The number of fused-ring (bicyclic) bond motifs is 13. The number of rotatable bonds is 7. The number of thiophene rings is 2. The van der Waals surface area contributed by atoms with Crippen LogP contribution in [-0.4, -0.2) is 11.8 Å². The highest BCUT2D eigenvalue weighted by Gasteiger charge is 2.31. The first kappa shape index (κ1) is 43.4. The fourth-order valence-electron chi connectivity index (χ4n) is 11.6. The van der Waals surface area contributed by atoms with E-state index in [1.165, 1.54) is 101 Å². The normalized spacial score (nSPS) is 12.9. The van der Waals surface area contributed by atoms with E-state index in [0.717, 1.165) is 45.3 Å². The van der Waals surface area contributed by atoms with Gasteiger partial charge in [-0.1, -0.05) is 163 Å². The molecular weight excluding hydrogens is 912 g/mol. The Morgan fingerprint density at radius 3 is 1.94 bits per heavy atom. The van der Waals surface area contributed by atoms with E-state index in [1.54, 1.807) is 0 Å². The summed E-state index contributed by atoms with van der Waals surface area (Å²) in [7, 11) is 2.48. The summed E-state index contributed by atoms with van der Waals surface area (Å²) in [6, 6.07) is 67.9. The molecule has 0 saturated carbocycles. The molecule has 1 radical (unpaired) electrons. The highest BCUT2D eigenvalue weighted by Crippen LogP contribution is 2.46. The summed E-state index contributed by atoms with van der Waals surface area (Å²) in [4.78, 5) is 0. The average molecular weight is 964 g/mol. The van der Waals surface area contributed by atoms with Gasteiger partial charge in [0, 0.05) is 80.2 Å². The molecule has 0 saturated heterocycles. The molecule has 1 N–H and O–H groups in total. The molecular formula is C66H52BN2OS2. The molecule has 0 aliphatic carbocycles. The Balaban J connectivity index is 0.990. The van der Waals surface area contributed by atoms with Crippen LogP contribution in [0.5, 0.6) is 0 Å². The van der Waals surface area contributed by atoms with Gasteiger partial charge >= 0.3 is 0 Å². The maximum atomic E-state index is 7.02. The lowest BCUT2D eigenvalue weighted by atomic mass is 9.63. The number of hydrogen-bond donors (Lipinski definition) is 1. The summed E-state index contributed by atoms with van der Waals surface area (Å²) in [5, 5.41) is 12.7. The standard InChI is InChI=1S/C66H52BN2OS2/c1-65(2,3)41-22-25-43(26-23-41)68-54-34-51-44-27-21-38(31-48(39-15-9-7-10-16-39)40-17-11-8-12-18-40)32-56(44)70-57(51)36-49(54)46-28-29-47-50-37-60-52(45-19-13-14-20-58(45)71-60)35-55(50)69-62(47)61(46)67-64-63(69)53-33-42(66(4,5)6)24-30-59(53)72-64/h7-30,32-37,48,68H,31H2,1-6H3. The van der Waals surface area contributed by atoms with Crippen LogP contribution in [0.3, 0.4) is 0 Å². The zero-order chi connectivity index (χ0) is 48.6. The van der Waals surface area contributed by atoms with Crippen molar-refractivity contribution in [2.24, 2.45) is 0 Å². The molecule has 0 atom stereocenters. The molecule has 13 aromatic rings. The quantitative estimate of drug-likeness (QED) is 0.161. The number of hydrogen-bond acceptors (Lipinski definition) is 4. The van der Waals surface area contributed by atoms with Crippen molar-refractivity contribution >= 4 is 126 Å². The van der Waals surface area contributed by atoms with Crippen molar-refractivity contribution in [3.63, 3.8) is 0 Å². The highest BCUT2D eigenvalue weighted by molar-refractivity contribution is 7.29. The fourth-order valence-corrected chi connectivity index (χ4v) is 13.8. The SMILES string of the molecule is CC(C)(C)c1ccc(Nc2cc3c(cc2-c2ccc4c5cc6sc7ccccc7c6cc5n5c4c2[B]c2sc4ccc(C(C)(C)C)cc4c2-5)oc2cc(CC(c4ccccc4)c4ccccc4)ccc23)cc1. The summed E-state index contributed by atoms with van der Waals surface area (Å²) in [5.41, 5.74) is 17.7. The lowest BCUT2D eigenvalue weighted by molar-refractivity contribution is 0.590. The van der Waals surface area contributed by atoms with Gasteiger partial charge in [0.1, 0.15) is 11.2 Å². The third kappa shape index (κ3) is 6.98. The van der Waals surface area contributed by atoms with Crippen molar-refractivity contribution in [3.05, 3.63) is 210 Å². The van der Waals surface area contributed by atoms with Crippen LogP contribution in [0.1, 0.15) is 75.3 Å². The van der Waals surface area contributed by atoms with Gasteiger partial charge in [-0.25, -0.2) is 0 Å². The molecule has 0 bridgehead atoms. The number of aromatic nitrogens is 1. The topological polar surface area (TPSA) is 30.1 Å². The van der Waals surface area contributed by atoms with E-state index in [0.29, 0.717) is 0 Å². The molecule has 14 rings (SSSR count). The minimum Gasteiger partial charge on any atom is -0.456 e. The van der Waals surface area contributed by atoms with Crippen LogP contribution in [0.4, 0.5) is 11.4 Å². The number of furan rings is 1. The van der Waals surface area contributed by atoms with Gasteiger partial charge in [0.15, 0.2) is 0 Å². The number of nitrogens with one attached hydrogen (secondary N) is 1. The molecule has 9 aromatic carbocycles. The molecule has 5 heterocycles. The minimum atomic E-state index is 0.0162. The second-order valence-electron chi connectivity index (χ2n) is 22.0. The van der Waals surface area contributed by atoms with Gasteiger partial charge in [0.25, 0.3) is 0 Å². The average Bonchev–Trinajstić information content (AvgIpc) is 4.13. The van der Waals surface area contributed by atoms with Crippen molar-refractivity contribution in [3.8, 4) is 16.8 Å². The van der Waals surface area contributed by atoms with Crippen molar-refractivity contribution in [2.75, 3.05) is 5.32 Å². The first-order valence-corrected chi connectivity index (χ1v) is 26.9. The summed E-state index contributed by atoms with van der Waals surface area (Å²) in [6.07, 6.45) is 0.863. The van der Waals surface area contributed by atoms with Gasteiger partial charge < -0.3 is 14.3 Å². The number of benzene rings is 9. The molecule has 0 amide bonds. The van der Waals surface area contributed by atoms with E-state index in [4.69, 9.17) is 4.42 Å². The van der Waals surface area contributed by atoms with E-state index in [2.05, 4.69) is 241 Å². The highest BCUT2D eigenvalue weighted by atomic mass is 32.1. The van der Waals surface area contributed by atoms with Crippen molar-refractivity contribution < 1.29 is 4.42 Å². The van der Waals surface area contributed by atoms with Crippen molar-refractivity contribution in [1.82, 2.24) is 4.57 Å². The summed E-state index contributed by atoms with van der Waals surface area (Å²) < 4.78 is 14.9. The lowest BCUT2D eigenvalue weighted by Gasteiger charge is -2.23. The molecule has 347 valence electrons. The Kier molecular flexibility index (Phi) is 9.69. The largest absolute Gasteiger partial charge is 0.456 e. The Hall–Kier alpha value is -7.38. The Morgan fingerprint density at radius 2 is 1.19 bits per heavy atom. The predicted octanol–water partition coefficient (Wildman–Crippen LogP) is 17.6. The van der Waals surface area contributed by atoms with Crippen LogP contribution >= 0.6 is 22.7 Å². The van der Waals surface area contributed by atoms with E-state index in [-0.39, 0.29) is 16.7 Å². The summed E-state index contributed by atoms with van der Waals surface area (Å²) in [6.45, 7) is 13.8. The fraction of sp³-hybridized carbons (Fsp3) is 0.152. The Bertz CT molecular complexity index is 4270. The monoisotopic (exact) mass is 963 g/mol. The number of anilines is 2. The van der Waals surface area contributed by atoms with Gasteiger partial charge in [-0.2, -0.15) is 0 Å². The van der Waals surface area contributed by atoms with Crippen LogP contribution < -0.4 is 15.6 Å². The molecule has 4 aromatic heterocycles. The van der Waals surface area contributed by atoms with Gasteiger partial charge in [-0.05, 0) is 122 Å². The molecule has 0 spiro atoms. The third-order valence-electron chi connectivity index (χ3n) is 15.4. The van der Waals surface area contributed by atoms with Gasteiger partial charge in [0.2, 0.25) is 7.28 Å². The first-order chi connectivity index (χ1) is 34.9. The van der Waals surface area contributed by atoms with Crippen LogP contribution in [0, 0.1) is 0 Å². The Labute approximate surface area is 428 Å². The van der Waals surface area contributed by atoms with E-state index in [1.807, 2.05) is 22.7 Å². The third-order valence-corrected chi connectivity index (χ3v) is 17.6. The zero-order valence-electron chi connectivity index (χ0n) is 41.4. The summed E-state index contributed by atoms with van der Waals surface area (Å²) in [5.74, 6) is 0.220. The van der Waals surface area contributed by atoms with Gasteiger partial charge in [-0.3, -0.25) is 0 Å². The van der Waals surface area contributed by atoms with Crippen LogP contribution in [0.25, 0.3) is 90.8 Å². The molecule has 1 aliphatic heterocycles. The molecule has 1 aliphatic rings. The van der Waals surface area contributed by atoms with Crippen LogP contribution in [-0.2, 0) is 17.3 Å². The maximum absolute atomic E-state index is 7.02. The van der Waals surface area contributed by atoms with Crippen molar-refractivity contribution in [2.45, 2.75) is 64.7 Å². The van der Waals surface area contributed by atoms with Crippen molar-refractivity contribution in [1.29, 1.82) is 0 Å². The minimum absolute atomic E-state index is 0.0162. The van der Waals surface area contributed by atoms with E-state index >= 15 is 0 Å².